The normalized spacial score (nSPS) is 18.4. The van der Waals surface area contributed by atoms with Crippen molar-refractivity contribution in [2.45, 2.75) is 17.2 Å². The first kappa shape index (κ1) is 18.5. The molecule has 0 amide bonds. The summed E-state index contributed by atoms with van der Waals surface area (Å²) in [6.07, 6.45) is 1.56. The fourth-order valence-electron chi connectivity index (χ4n) is 1.93. The first-order chi connectivity index (χ1) is 11.0. The lowest BCUT2D eigenvalue weighted by molar-refractivity contribution is -0.0441. The Balaban J connectivity index is 2.24. The van der Waals surface area contributed by atoms with Gasteiger partial charge in [0.1, 0.15) is 17.3 Å². The van der Waals surface area contributed by atoms with Crippen molar-refractivity contribution >= 4 is 25.8 Å². The standard InChI is InChI=1S/C14H8BrF4NO3S/c15-12-6-11(24(21,22)14(17,18)19)1-2-13(12)23-10-4-8(7-20)3-9(16)5-10/h2-6,11H,1H2. The van der Waals surface area contributed by atoms with Crippen LogP contribution in [0, 0.1) is 17.1 Å². The van der Waals surface area contributed by atoms with Crippen LogP contribution >= 0.6 is 15.9 Å². The van der Waals surface area contributed by atoms with E-state index in [-0.39, 0.29) is 21.6 Å². The van der Waals surface area contributed by atoms with Crippen LogP contribution in [-0.4, -0.2) is 19.2 Å². The number of benzene rings is 1. The number of sulfone groups is 1. The van der Waals surface area contributed by atoms with E-state index in [2.05, 4.69) is 15.9 Å². The molecule has 0 heterocycles. The number of nitrogens with zero attached hydrogens (tertiary/aromatic N) is 1. The minimum absolute atomic E-state index is 0.000891. The van der Waals surface area contributed by atoms with Crippen LogP contribution in [0.15, 0.2) is 40.6 Å². The van der Waals surface area contributed by atoms with Gasteiger partial charge in [0.2, 0.25) is 0 Å². The predicted octanol–water partition coefficient (Wildman–Crippen LogP) is 3.95. The number of halogens is 5. The number of allylic oxidation sites excluding steroid dienone is 2. The highest BCUT2D eigenvalue weighted by atomic mass is 79.9. The number of hydrogen-bond acceptors (Lipinski definition) is 4. The lowest BCUT2D eigenvalue weighted by atomic mass is 10.1. The van der Waals surface area contributed by atoms with Crippen LogP contribution in [0.25, 0.3) is 0 Å². The molecule has 128 valence electrons. The average Bonchev–Trinajstić information content (AvgIpc) is 2.47. The summed E-state index contributed by atoms with van der Waals surface area (Å²) in [7, 11) is -5.36. The molecule has 0 aromatic heterocycles. The molecule has 1 aromatic carbocycles. The second-order valence-electron chi connectivity index (χ2n) is 4.74. The second-order valence-corrected chi connectivity index (χ2v) is 7.75. The third-order valence-corrected chi connectivity index (χ3v) is 5.48. The van der Waals surface area contributed by atoms with E-state index in [1.807, 2.05) is 0 Å². The molecule has 1 aliphatic rings. The van der Waals surface area contributed by atoms with Crippen LogP contribution in [0.1, 0.15) is 12.0 Å². The zero-order chi connectivity index (χ0) is 18.1. The summed E-state index contributed by atoms with van der Waals surface area (Å²) >= 11 is 2.94. The molecule has 0 saturated carbocycles. The van der Waals surface area contributed by atoms with Gasteiger partial charge in [-0.1, -0.05) is 0 Å². The largest absolute Gasteiger partial charge is 0.497 e. The second kappa shape index (κ2) is 6.57. The van der Waals surface area contributed by atoms with E-state index in [1.165, 1.54) is 6.07 Å². The maximum absolute atomic E-state index is 13.3. The van der Waals surface area contributed by atoms with Gasteiger partial charge in [0.05, 0.1) is 21.4 Å². The van der Waals surface area contributed by atoms with Crippen molar-refractivity contribution in [2.75, 3.05) is 0 Å². The fraction of sp³-hybridized carbons (Fsp3) is 0.214. The SMILES string of the molecule is N#Cc1cc(F)cc(OC2=CCC(S(=O)(=O)C(F)(F)F)C=C2Br)c1. The lowest BCUT2D eigenvalue weighted by Gasteiger charge is -2.20. The predicted molar refractivity (Wildman–Crippen MR) is 80.2 cm³/mol. The van der Waals surface area contributed by atoms with Crippen LogP contribution in [0.2, 0.25) is 0 Å². The van der Waals surface area contributed by atoms with Crippen LogP contribution in [-0.2, 0) is 9.84 Å². The van der Waals surface area contributed by atoms with Crippen LogP contribution in [0.3, 0.4) is 0 Å². The number of rotatable bonds is 3. The zero-order valence-electron chi connectivity index (χ0n) is 11.6. The number of hydrogen-bond donors (Lipinski definition) is 0. The Kier molecular flexibility index (Phi) is 5.05. The van der Waals surface area contributed by atoms with Crippen LogP contribution in [0.4, 0.5) is 17.6 Å². The van der Waals surface area contributed by atoms with E-state index in [4.69, 9.17) is 10.00 Å². The van der Waals surface area contributed by atoms with E-state index in [1.54, 1.807) is 6.07 Å². The monoisotopic (exact) mass is 425 g/mol. The zero-order valence-corrected chi connectivity index (χ0v) is 14.0. The van der Waals surface area contributed by atoms with Gasteiger partial charge < -0.3 is 4.74 Å². The molecule has 0 saturated heterocycles. The molecule has 2 rings (SSSR count). The highest BCUT2D eigenvalue weighted by Gasteiger charge is 2.50. The fourth-order valence-corrected chi connectivity index (χ4v) is 3.67. The van der Waals surface area contributed by atoms with Crippen molar-refractivity contribution in [3.63, 3.8) is 0 Å². The Bertz CT molecular complexity index is 869. The van der Waals surface area contributed by atoms with E-state index in [0.717, 1.165) is 24.3 Å². The van der Waals surface area contributed by atoms with E-state index in [0.29, 0.717) is 0 Å². The van der Waals surface area contributed by atoms with Crippen molar-refractivity contribution in [2.24, 2.45) is 0 Å². The molecule has 24 heavy (non-hydrogen) atoms. The minimum atomic E-state index is -5.36. The number of ether oxygens (including phenoxy) is 1. The summed E-state index contributed by atoms with van der Waals surface area (Å²) in [6.45, 7) is 0. The van der Waals surface area contributed by atoms with Gasteiger partial charge in [-0.25, -0.2) is 12.8 Å². The third kappa shape index (κ3) is 3.79. The number of nitriles is 1. The minimum Gasteiger partial charge on any atom is -0.456 e. The molecule has 0 aliphatic heterocycles. The van der Waals surface area contributed by atoms with Gasteiger partial charge in [-0.2, -0.15) is 18.4 Å². The highest BCUT2D eigenvalue weighted by molar-refractivity contribution is 9.12. The molecule has 0 fully saturated rings. The van der Waals surface area contributed by atoms with Gasteiger partial charge in [-0.3, -0.25) is 0 Å². The molecule has 10 heteroatoms. The lowest BCUT2D eigenvalue weighted by Crippen LogP contribution is -2.34. The Labute approximate surface area is 143 Å². The Hall–Kier alpha value is -1.86. The number of alkyl halides is 3. The van der Waals surface area contributed by atoms with Crippen molar-refractivity contribution in [1.29, 1.82) is 5.26 Å². The quantitative estimate of drug-likeness (QED) is 0.687. The van der Waals surface area contributed by atoms with Gasteiger partial charge in [0.25, 0.3) is 9.84 Å². The van der Waals surface area contributed by atoms with Gasteiger partial charge in [0, 0.05) is 6.07 Å². The average molecular weight is 426 g/mol. The molecule has 4 nitrogen and oxygen atoms in total. The smallest absolute Gasteiger partial charge is 0.456 e. The van der Waals surface area contributed by atoms with Crippen LogP contribution < -0.4 is 4.74 Å². The summed E-state index contributed by atoms with van der Waals surface area (Å²) in [6, 6.07) is 4.94. The van der Waals surface area contributed by atoms with Gasteiger partial charge >= 0.3 is 5.51 Å². The maximum Gasteiger partial charge on any atom is 0.497 e. The molecule has 0 radical (unpaired) electrons. The Morgan fingerprint density at radius 3 is 2.50 bits per heavy atom. The highest BCUT2D eigenvalue weighted by Crippen LogP contribution is 2.35. The van der Waals surface area contributed by atoms with E-state index < -0.39 is 32.8 Å². The molecular weight excluding hydrogens is 418 g/mol. The van der Waals surface area contributed by atoms with Crippen LogP contribution in [0.5, 0.6) is 5.75 Å². The Morgan fingerprint density at radius 2 is 1.96 bits per heavy atom. The summed E-state index contributed by atoms with van der Waals surface area (Å²) in [4.78, 5) is 0. The van der Waals surface area contributed by atoms with E-state index >= 15 is 0 Å². The molecular formula is C14H8BrF4NO3S. The summed E-state index contributed by atoms with van der Waals surface area (Å²) in [5, 5.41) is 6.99. The Morgan fingerprint density at radius 1 is 1.29 bits per heavy atom. The topological polar surface area (TPSA) is 67.2 Å². The molecule has 0 N–H and O–H groups in total. The van der Waals surface area contributed by atoms with Crippen molar-refractivity contribution in [1.82, 2.24) is 0 Å². The van der Waals surface area contributed by atoms with E-state index in [9.17, 15) is 26.0 Å². The maximum atomic E-state index is 13.3. The molecule has 0 spiro atoms. The van der Waals surface area contributed by atoms with Gasteiger partial charge in [-0.05, 0) is 46.6 Å². The van der Waals surface area contributed by atoms with Gasteiger partial charge in [0.15, 0.2) is 0 Å². The first-order valence-corrected chi connectivity index (χ1v) is 8.65. The molecule has 1 atom stereocenters. The summed E-state index contributed by atoms with van der Waals surface area (Å²) in [5.41, 5.74) is -5.36. The first-order valence-electron chi connectivity index (χ1n) is 6.31. The summed E-state index contributed by atoms with van der Waals surface area (Å²) in [5.74, 6) is -0.739. The molecule has 0 bridgehead atoms. The van der Waals surface area contributed by atoms with Crippen molar-refractivity contribution in [3.05, 3.63) is 52.0 Å². The summed E-state index contributed by atoms with van der Waals surface area (Å²) < 4.78 is 79.1. The molecule has 1 aliphatic carbocycles. The van der Waals surface area contributed by atoms with Gasteiger partial charge in [-0.15, -0.1) is 0 Å². The molecule has 1 unspecified atom stereocenters. The molecule has 1 aromatic rings. The third-order valence-electron chi connectivity index (χ3n) is 3.05. The van der Waals surface area contributed by atoms with Crippen molar-refractivity contribution < 1.29 is 30.7 Å². The van der Waals surface area contributed by atoms with Crippen molar-refractivity contribution in [3.8, 4) is 11.8 Å².